The maximum atomic E-state index is 12.4. The molecule has 0 spiro atoms. The van der Waals surface area contributed by atoms with Gasteiger partial charge in [0.05, 0.1) is 5.70 Å². The van der Waals surface area contributed by atoms with Crippen LogP contribution in [0.2, 0.25) is 0 Å². The van der Waals surface area contributed by atoms with Gasteiger partial charge in [-0.25, -0.2) is 0 Å². The number of amides is 1. The third kappa shape index (κ3) is 2.60. The molecule has 2 aliphatic heterocycles. The molecular weight excluding hydrogens is 250 g/mol. The summed E-state index contributed by atoms with van der Waals surface area (Å²) in [6, 6.07) is 0. The Morgan fingerprint density at radius 1 is 1.40 bits per heavy atom. The molecule has 2 N–H and O–H groups in total. The molecule has 1 unspecified atom stereocenters. The van der Waals surface area contributed by atoms with E-state index < -0.39 is 0 Å². The minimum atomic E-state index is 0.00280. The topological polar surface area (TPSA) is 44.4 Å². The van der Waals surface area contributed by atoms with E-state index in [-0.39, 0.29) is 17.5 Å². The van der Waals surface area contributed by atoms with Crippen molar-refractivity contribution in [3.63, 3.8) is 0 Å². The summed E-state index contributed by atoms with van der Waals surface area (Å²) >= 11 is 0. The normalized spacial score (nSPS) is 24.8. The third-order valence-electron chi connectivity index (χ3n) is 3.81. The summed E-state index contributed by atoms with van der Waals surface area (Å²) in [5, 5.41) is 6.46. The van der Waals surface area contributed by atoms with E-state index >= 15 is 0 Å². The molecule has 1 atom stereocenters. The fraction of sp³-hybridized carbons (Fsp3) is 0.562. The molecule has 20 heavy (non-hydrogen) atoms. The molecule has 1 amide bonds. The molecule has 0 aromatic heterocycles. The van der Waals surface area contributed by atoms with Crippen LogP contribution in [0.3, 0.4) is 0 Å². The second kappa shape index (κ2) is 4.69. The van der Waals surface area contributed by atoms with Gasteiger partial charge in [-0.2, -0.15) is 0 Å². The number of hydrogen-bond acceptors (Lipinski definition) is 3. The van der Waals surface area contributed by atoms with E-state index in [1.165, 1.54) is 12.8 Å². The quantitative estimate of drug-likeness (QED) is 0.827. The molecule has 108 valence electrons. The van der Waals surface area contributed by atoms with Crippen molar-refractivity contribution >= 4 is 5.91 Å². The van der Waals surface area contributed by atoms with Crippen LogP contribution in [-0.4, -0.2) is 23.5 Å². The number of nitrogens with zero attached hydrogens (tertiary/aromatic N) is 1. The van der Waals surface area contributed by atoms with Crippen LogP contribution in [0.4, 0.5) is 0 Å². The lowest BCUT2D eigenvalue weighted by atomic mass is 9.97. The number of carbonyl (C=O) groups is 1. The molecule has 4 nitrogen and oxygen atoms in total. The fourth-order valence-corrected chi connectivity index (χ4v) is 2.57. The standard InChI is InChI=1S/C16H23N3O/c1-16(2,3)10-17-15(20)13-12-6-4-5-9-19(12)14(18-13)11-7-8-11/h4-6,9,11,14,18H,7-8,10H2,1-3H3,(H,17,20). The van der Waals surface area contributed by atoms with Crippen LogP contribution in [-0.2, 0) is 4.79 Å². The van der Waals surface area contributed by atoms with Crippen LogP contribution in [0.5, 0.6) is 0 Å². The van der Waals surface area contributed by atoms with Gasteiger partial charge >= 0.3 is 0 Å². The lowest BCUT2D eigenvalue weighted by Gasteiger charge is -2.25. The van der Waals surface area contributed by atoms with Gasteiger partial charge in [0, 0.05) is 12.7 Å². The average molecular weight is 273 g/mol. The first-order chi connectivity index (χ1) is 9.46. The van der Waals surface area contributed by atoms with Gasteiger partial charge in [0.1, 0.15) is 11.9 Å². The zero-order chi connectivity index (χ0) is 14.3. The van der Waals surface area contributed by atoms with Crippen molar-refractivity contribution < 1.29 is 4.79 Å². The van der Waals surface area contributed by atoms with E-state index in [0.29, 0.717) is 18.2 Å². The number of allylic oxidation sites excluding steroid dienone is 3. The van der Waals surface area contributed by atoms with Gasteiger partial charge in [-0.15, -0.1) is 0 Å². The molecule has 1 fully saturated rings. The average Bonchev–Trinajstić information content (AvgIpc) is 3.16. The summed E-state index contributed by atoms with van der Waals surface area (Å²) in [6.07, 6.45) is 10.8. The third-order valence-corrected chi connectivity index (χ3v) is 3.81. The highest BCUT2D eigenvalue weighted by atomic mass is 16.2. The van der Waals surface area contributed by atoms with Crippen molar-refractivity contribution in [2.24, 2.45) is 11.3 Å². The SMILES string of the molecule is CC(C)(C)CNC(=O)C1=C2C=CC=CN2C(C2CC2)N1. The van der Waals surface area contributed by atoms with Gasteiger partial charge < -0.3 is 15.5 Å². The Labute approximate surface area is 120 Å². The van der Waals surface area contributed by atoms with Crippen molar-refractivity contribution in [1.29, 1.82) is 0 Å². The largest absolute Gasteiger partial charge is 0.358 e. The lowest BCUT2D eigenvalue weighted by molar-refractivity contribution is -0.118. The van der Waals surface area contributed by atoms with Crippen LogP contribution in [0.25, 0.3) is 0 Å². The van der Waals surface area contributed by atoms with E-state index in [1.54, 1.807) is 0 Å². The second-order valence-corrected chi connectivity index (χ2v) is 7.04. The zero-order valence-corrected chi connectivity index (χ0v) is 12.4. The molecule has 0 saturated heterocycles. The number of nitrogens with one attached hydrogen (secondary N) is 2. The number of carbonyl (C=O) groups excluding carboxylic acids is 1. The summed E-state index contributed by atoms with van der Waals surface area (Å²) in [5.41, 5.74) is 1.81. The van der Waals surface area contributed by atoms with E-state index in [9.17, 15) is 4.79 Å². The van der Waals surface area contributed by atoms with Crippen molar-refractivity contribution in [2.75, 3.05) is 6.54 Å². The van der Waals surface area contributed by atoms with E-state index in [0.717, 1.165) is 5.70 Å². The Hall–Kier alpha value is -1.71. The smallest absolute Gasteiger partial charge is 0.269 e. The van der Waals surface area contributed by atoms with Gasteiger partial charge in [0.15, 0.2) is 0 Å². The Kier molecular flexibility index (Phi) is 3.11. The van der Waals surface area contributed by atoms with Gasteiger partial charge in [-0.3, -0.25) is 4.79 Å². The van der Waals surface area contributed by atoms with Crippen LogP contribution in [0.15, 0.2) is 35.8 Å². The Morgan fingerprint density at radius 3 is 2.80 bits per heavy atom. The first kappa shape index (κ1) is 13.3. The molecule has 0 aromatic carbocycles. The van der Waals surface area contributed by atoms with Crippen molar-refractivity contribution in [1.82, 2.24) is 15.5 Å². The molecule has 2 heterocycles. The molecule has 0 bridgehead atoms. The molecule has 4 heteroatoms. The molecule has 3 rings (SSSR count). The van der Waals surface area contributed by atoms with Crippen LogP contribution in [0, 0.1) is 11.3 Å². The Bertz CT molecular complexity index is 506. The van der Waals surface area contributed by atoms with Gasteiger partial charge in [-0.1, -0.05) is 26.8 Å². The van der Waals surface area contributed by atoms with E-state index in [1.807, 2.05) is 18.2 Å². The maximum Gasteiger partial charge on any atom is 0.269 e. The van der Waals surface area contributed by atoms with E-state index in [2.05, 4.69) is 42.5 Å². The molecule has 1 saturated carbocycles. The first-order valence-corrected chi connectivity index (χ1v) is 7.38. The number of fused-ring (bicyclic) bond motifs is 1. The highest BCUT2D eigenvalue weighted by molar-refractivity contribution is 5.94. The summed E-state index contributed by atoms with van der Waals surface area (Å²) in [4.78, 5) is 14.6. The predicted octanol–water partition coefficient (Wildman–Crippen LogP) is 2.09. The highest BCUT2D eigenvalue weighted by Crippen LogP contribution is 2.40. The van der Waals surface area contributed by atoms with Crippen molar-refractivity contribution in [3.05, 3.63) is 35.8 Å². The van der Waals surface area contributed by atoms with E-state index in [4.69, 9.17) is 0 Å². The molecule has 3 aliphatic rings. The zero-order valence-electron chi connectivity index (χ0n) is 12.4. The van der Waals surface area contributed by atoms with Gasteiger partial charge in [0.25, 0.3) is 5.91 Å². The summed E-state index contributed by atoms with van der Waals surface area (Å²) in [5.74, 6) is 0.664. The van der Waals surface area contributed by atoms with Crippen LogP contribution < -0.4 is 10.6 Å². The summed E-state index contributed by atoms with van der Waals surface area (Å²) < 4.78 is 0. The number of rotatable bonds is 3. The van der Waals surface area contributed by atoms with Gasteiger partial charge in [-0.05, 0) is 36.3 Å². The first-order valence-electron chi connectivity index (χ1n) is 7.38. The Balaban J connectivity index is 1.75. The highest BCUT2D eigenvalue weighted by Gasteiger charge is 2.42. The minimum Gasteiger partial charge on any atom is -0.358 e. The molecule has 1 aliphatic carbocycles. The van der Waals surface area contributed by atoms with Crippen LogP contribution in [0.1, 0.15) is 33.6 Å². The second-order valence-electron chi connectivity index (χ2n) is 7.04. The minimum absolute atomic E-state index is 0.00280. The van der Waals surface area contributed by atoms with Crippen LogP contribution >= 0.6 is 0 Å². The fourth-order valence-electron chi connectivity index (χ4n) is 2.57. The molecular formula is C16H23N3O. The molecule has 0 aromatic rings. The molecule has 0 radical (unpaired) electrons. The number of hydrogen-bond donors (Lipinski definition) is 2. The maximum absolute atomic E-state index is 12.4. The summed E-state index contributed by atoms with van der Waals surface area (Å²) in [6.45, 7) is 7.04. The monoisotopic (exact) mass is 273 g/mol. The lowest BCUT2D eigenvalue weighted by Crippen LogP contribution is -2.40. The Morgan fingerprint density at radius 2 is 2.15 bits per heavy atom. The van der Waals surface area contributed by atoms with Gasteiger partial charge in [0.2, 0.25) is 0 Å². The van der Waals surface area contributed by atoms with Crippen molar-refractivity contribution in [2.45, 2.75) is 39.8 Å². The van der Waals surface area contributed by atoms with Crippen molar-refractivity contribution in [3.8, 4) is 0 Å². The predicted molar refractivity (Wildman–Crippen MR) is 79.3 cm³/mol. The summed E-state index contributed by atoms with van der Waals surface area (Å²) in [7, 11) is 0.